The SMILES string of the molecule is CC1CCCC(NCCN2CCc3ccc(F)cc32)C1. The van der Waals surface area contributed by atoms with Crippen LogP contribution < -0.4 is 10.2 Å². The quantitative estimate of drug-likeness (QED) is 0.907. The minimum Gasteiger partial charge on any atom is -0.370 e. The van der Waals surface area contributed by atoms with E-state index in [2.05, 4.69) is 17.1 Å². The lowest BCUT2D eigenvalue weighted by Gasteiger charge is -2.29. The lowest BCUT2D eigenvalue weighted by molar-refractivity contribution is 0.303. The minimum absolute atomic E-state index is 0.121. The molecule has 1 aliphatic carbocycles. The van der Waals surface area contributed by atoms with Gasteiger partial charge in [-0.25, -0.2) is 4.39 Å². The molecule has 0 bridgehead atoms. The fourth-order valence-electron chi connectivity index (χ4n) is 3.67. The molecule has 3 rings (SSSR count). The number of benzene rings is 1. The summed E-state index contributed by atoms with van der Waals surface area (Å²) in [4.78, 5) is 2.32. The largest absolute Gasteiger partial charge is 0.370 e. The second kappa shape index (κ2) is 6.13. The topological polar surface area (TPSA) is 15.3 Å². The van der Waals surface area contributed by atoms with Crippen molar-refractivity contribution in [2.75, 3.05) is 24.5 Å². The normalized spacial score (nSPS) is 25.8. The first-order valence-electron chi connectivity index (χ1n) is 7.99. The van der Waals surface area contributed by atoms with Crippen LogP contribution in [0.25, 0.3) is 0 Å². The molecular formula is C17H25FN2. The van der Waals surface area contributed by atoms with Gasteiger partial charge in [0.25, 0.3) is 0 Å². The van der Waals surface area contributed by atoms with Gasteiger partial charge in [0.05, 0.1) is 0 Å². The molecule has 1 saturated carbocycles. The van der Waals surface area contributed by atoms with Crippen LogP contribution >= 0.6 is 0 Å². The predicted octanol–water partition coefficient (Wildman–Crippen LogP) is 3.36. The lowest BCUT2D eigenvalue weighted by Crippen LogP contribution is -2.39. The number of halogens is 1. The summed E-state index contributed by atoms with van der Waals surface area (Å²) in [5.41, 5.74) is 2.39. The van der Waals surface area contributed by atoms with Crippen LogP contribution in [0.5, 0.6) is 0 Å². The Kier molecular flexibility index (Phi) is 4.25. The van der Waals surface area contributed by atoms with E-state index in [1.807, 2.05) is 6.07 Å². The van der Waals surface area contributed by atoms with Crippen molar-refractivity contribution in [3.05, 3.63) is 29.6 Å². The molecule has 1 fully saturated rings. The summed E-state index contributed by atoms with van der Waals surface area (Å²) in [6, 6.07) is 5.88. The Hall–Kier alpha value is -1.09. The van der Waals surface area contributed by atoms with Gasteiger partial charge in [-0.3, -0.25) is 0 Å². The summed E-state index contributed by atoms with van der Waals surface area (Å²) in [6.07, 6.45) is 6.42. The molecule has 2 unspecified atom stereocenters. The molecule has 0 amide bonds. The number of rotatable bonds is 4. The van der Waals surface area contributed by atoms with Crippen molar-refractivity contribution in [1.29, 1.82) is 0 Å². The second-order valence-corrected chi connectivity index (χ2v) is 6.43. The van der Waals surface area contributed by atoms with Crippen LogP contribution in [0.4, 0.5) is 10.1 Å². The molecule has 0 spiro atoms. The van der Waals surface area contributed by atoms with Crippen LogP contribution in [0, 0.1) is 11.7 Å². The molecule has 1 heterocycles. The zero-order valence-corrected chi connectivity index (χ0v) is 12.4. The van der Waals surface area contributed by atoms with Crippen LogP contribution in [-0.4, -0.2) is 25.7 Å². The molecule has 2 nitrogen and oxygen atoms in total. The van der Waals surface area contributed by atoms with E-state index in [-0.39, 0.29) is 5.82 Å². The van der Waals surface area contributed by atoms with Crippen molar-refractivity contribution >= 4 is 5.69 Å². The van der Waals surface area contributed by atoms with E-state index in [4.69, 9.17) is 0 Å². The van der Waals surface area contributed by atoms with Gasteiger partial charge in [-0.05, 0) is 42.9 Å². The van der Waals surface area contributed by atoms with Crippen molar-refractivity contribution in [1.82, 2.24) is 5.32 Å². The summed E-state index contributed by atoms with van der Waals surface area (Å²) in [5, 5.41) is 3.69. The molecule has 3 heteroatoms. The average Bonchev–Trinajstić information content (AvgIpc) is 2.82. The van der Waals surface area contributed by atoms with E-state index < -0.39 is 0 Å². The molecule has 1 aromatic carbocycles. The van der Waals surface area contributed by atoms with Gasteiger partial charge >= 0.3 is 0 Å². The third-order valence-corrected chi connectivity index (χ3v) is 4.79. The molecule has 2 aliphatic rings. The molecule has 20 heavy (non-hydrogen) atoms. The number of fused-ring (bicyclic) bond motifs is 1. The highest BCUT2D eigenvalue weighted by Gasteiger charge is 2.21. The smallest absolute Gasteiger partial charge is 0.125 e. The van der Waals surface area contributed by atoms with E-state index in [1.54, 1.807) is 12.1 Å². The molecule has 1 N–H and O–H groups in total. The summed E-state index contributed by atoms with van der Waals surface area (Å²) in [7, 11) is 0. The van der Waals surface area contributed by atoms with Gasteiger partial charge in [-0.1, -0.05) is 25.8 Å². The van der Waals surface area contributed by atoms with Crippen LogP contribution in [-0.2, 0) is 6.42 Å². The zero-order chi connectivity index (χ0) is 13.9. The third kappa shape index (κ3) is 3.14. The molecule has 0 radical (unpaired) electrons. The summed E-state index contributed by atoms with van der Waals surface area (Å²) in [6.45, 7) is 5.38. The number of hydrogen-bond acceptors (Lipinski definition) is 2. The first kappa shape index (κ1) is 13.9. The van der Waals surface area contributed by atoms with Gasteiger partial charge in [0.2, 0.25) is 0 Å². The number of nitrogens with one attached hydrogen (secondary N) is 1. The zero-order valence-electron chi connectivity index (χ0n) is 12.4. The summed E-state index contributed by atoms with van der Waals surface area (Å²) < 4.78 is 13.3. The van der Waals surface area contributed by atoms with Crippen molar-refractivity contribution in [3.8, 4) is 0 Å². The first-order chi connectivity index (χ1) is 9.72. The standard InChI is InChI=1S/C17H25FN2/c1-13-3-2-4-16(11-13)19-8-10-20-9-7-14-5-6-15(18)12-17(14)20/h5-6,12-13,16,19H,2-4,7-11H2,1H3. The average molecular weight is 276 g/mol. The van der Waals surface area contributed by atoms with Gasteiger partial charge in [0, 0.05) is 31.4 Å². The van der Waals surface area contributed by atoms with Gasteiger partial charge in [-0.15, -0.1) is 0 Å². The summed E-state index contributed by atoms with van der Waals surface area (Å²) in [5.74, 6) is 0.743. The number of anilines is 1. The monoisotopic (exact) mass is 276 g/mol. The number of nitrogens with zero attached hydrogens (tertiary/aromatic N) is 1. The Balaban J connectivity index is 1.49. The minimum atomic E-state index is -0.121. The molecule has 1 aromatic rings. The fourth-order valence-corrected chi connectivity index (χ4v) is 3.67. The Morgan fingerprint density at radius 2 is 2.25 bits per heavy atom. The van der Waals surface area contributed by atoms with E-state index in [0.29, 0.717) is 6.04 Å². The molecule has 0 aromatic heterocycles. The lowest BCUT2D eigenvalue weighted by atomic mass is 9.87. The van der Waals surface area contributed by atoms with Gasteiger partial charge in [0.1, 0.15) is 5.82 Å². The van der Waals surface area contributed by atoms with Crippen LogP contribution in [0.3, 0.4) is 0 Å². The van der Waals surface area contributed by atoms with Crippen molar-refractivity contribution in [2.24, 2.45) is 5.92 Å². The van der Waals surface area contributed by atoms with E-state index in [9.17, 15) is 4.39 Å². The van der Waals surface area contributed by atoms with E-state index >= 15 is 0 Å². The highest BCUT2D eigenvalue weighted by molar-refractivity contribution is 5.58. The second-order valence-electron chi connectivity index (χ2n) is 6.43. The third-order valence-electron chi connectivity index (χ3n) is 4.79. The van der Waals surface area contributed by atoms with E-state index in [0.717, 1.165) is 37.7 Å². The first-order valence-corrected chi connectivity index (χ1v) is 7.99. The van der Waals surface area contributed by atoms with Crippen LogP contribution in [0.15, 0.2) is 18.2 Å². The van der Waals surface area contributed by atoms with Crippen molar-refractivity contribution in [2.45, 2.75) is 45.1 Å². The molecular weight excluding hydrogens is 251 g/mol. The highest BCUT2D eigenvalue weighted by atomic mass is 19.1. The van der Waals surface area contributed by atoms with Crippen LogP contribution in [0.1, 0.15) is 38.2 Å². The van der Waals surface area contributed by atoms with Gasteiger partial charge in [0.15, 0.2) is 0 Å². The maximum atomic E-state index is 13.3. The Morgan fingerprint density at radius 1 is 1.35 bits per heavy atom. The van der Waals surface area contributed by atoms with Crippen LogP contribution in [0.2, 0.25) is 0 Å². The molecule has 1 aliphatic heterocycles. The Bertz CT molecular complexity index is 460. The molecule has 0 saturated heterocycles. The molecule has 110 valence electrons. The maximum absolute atomic E-state index is 13.3. The van der Waals surface area contributed by atoms with Gasteiger partial charge in [-0.2, -0.15) is 0 Å². The summed E-state index contributed by atoms with van der Waals surface area (Å²) >= 11 is 0. The molecule has 2 atom stereocenters. The van der Waals surface area contributed by atoms with Crippen molar-refractivity contribution in [3.63, 3.8) is 0 Å². The van der Waals surface area contributed by atoms with Gasteiger partial charge < -0.3 is 10.2 Å². The van der Waals surface area contributed by atoms with E-state index in [1.165, 1.54) is 31.2 Å². The highest BCUT2D eigenvalue weighted by Crippen LogP contribution is 2.28. The Labute approximate surface area is 121 Å². The maximum Gasteiger partial charge on any atom is 0.125 e. The van der Waals surface area contributed by atoms with Crippen molar-refractivity contribution < 1.29 is 4.39 Å². The predicted molar refractivity (Wildman–Crippen MR) is 81.7 cm³/mol. The number of hydrogen-bond donors (Lipinski definition) is 1. The Morgan fingerprint density at radius 3 is 3.10 bits per heavy atom. The fraction of sp³-hybridized carbons (Fsp3) is 0.647.